The average molecular weight is 476 g/mol. The van der Waals surface area contributed by atoms with E-state index in [0.29, 0.717) is 0 Å². The molecule has 1 aliphatic heterocycles. The zero-order valence-electron chi connectivity index (χ0n) is 17.5. The molecule has 1 aromatic heterocycles. The number of esters is 1. The Morgan fingerprint density at radius 1 is 0.912 bits per heavy atom. The van der Waals surface area contributed by atoms with E-state index in [9.17, 15) is 40.2 Å². The monoisotopic (exact) mass is 476 g/mol. The second-order valence-electron chi connectivity index (χ2n) is 7.53. The van der Waals surface area contributed by atoms with Crippen LogP contribution < -0.4 is 10.2 Å². The number of hydrogen-bond acceptors (Lipinski definition) is 12. The number of ether oxygens (including phenoxy) is 3. The van der Waals surface area contributed by atoms with Crippen LogP contribution in [0, 0.1) is 0 Å². The molecule has 0 saturated carbocycles. The van der Waals surface area contributed by atoms with Crippen LogP contribution in [0.4, 0.5) is 0 Å². The van der Waals surface area contributed by atoms with Gasteiger partial charge in [0.1, 0.15) is 46.5 Å². The number of aliphatic hydroxyl groups is 3. The average Bonchev–Trinajstić information content (AvgIpc) is 2.80. The number of hydrogen-bond donors (Lipinski definition) is 6. The molecule has 0 aliphatic carbocycles. The largest absolute Gasteiger partial charge is 0.507 e. The third-order valence-electron chi connectivity index (χ3n) is 5.30. The molecule has 180 valence electrons. The lowest BCUT2D eigenvalue weighted by Crippen LogP contribution is -2.61. The number of phenolic OH excluding ortho intramolecular Hbond substituents is 3. The minimum absolute atomic E-state index is 0.00241. The minimum Gasteiger partial charge on any atom is -0.507 e. The van der Waals surface area contributed by atoms with E-state index < -0.39 is 53.6 Å². The summed E-state index contributed by atoms with van der Waals surface area (Å²) < 4.78 is 20.9. The lowest BCUT2D eigenvalue weighted by atomic mass is 9.99. The van der Waals surface area contributed by atoms with Crippen LogP contribution in [0.15, 0.2) is 45.6 Å². The van der Waals surface area contributed by atoms with Gasteiger partial charge in [0, 0.05) is 23.8 Å². The predicted molar refractivity (Wildman–Crippen MR) is 112 cm³/mol. The van der Waals surface area contributed by atoms with E-state index in [-0.39, 0.29) is 33.8 Å². The third-order valence-corrected chi connectivity index (χ3v) is 5.30. The summed E-state index contributed by atoms with van der Waals surface area (Å²) >= 11 is 0. The summed E-state index contributed by atoms with van der Waals surface area (Å²) in [6, 6.07) is 7.08. The molecule has 1 aliphatic rings. The summed E-state index contributed by atoms with van der Waals surface area (Å²) in [5, 5.41) is 59.6. The number of methoxy groups -OCH3 is 1. The standard InChI is InChI=1S/C22H20O12/c1-31-21(30)20-18(28)17(27)19(29)22(34-20)32-9-5-12(25)16-13(26)7-14(33-15(16)6-9)8-2-3-10(23)11(24)4-8/h2-7,17-20,22-25,27-29H,1H3/t17-,18-,19+,20+,22+/m0/s1. The molecule has 0 spiro atoms. The molecule has 5 atom stereocenters. The van der Waals surface area contributed by atoms with Crippen LogP contribution in [0.2, 0.25) is 0 Å². The van der Waals surface area contributed by atoms with Crippen molar-refractivity contribution in [2.24, 2.45) is 0 Å². The number of carbonyl (C=O) groups excluding carboxylic acids is 1. The van der Waals surface area contributed by atoms with Crippen LogP contribution in [-0.4, -0.2) is 74.4 Å². The number of aliphatic hydroxyl groups excluding tert-OH is 3. The van der Waals surface area contributed by atoms with Gasteiger partial charge in [0.25, 0.3) is 0 Å². The van der Waals surface area contributed by atoms with E-state index in [0.717, 1.165) is 19.2 Å². The quantitative estimate of drug-likeness (QED) is 0.217. The fraction of sp³-hybridized carbons (Fsp3) is 0.273. The molecule has 1 fully saturated rings. The maximum atomic E-state index is 12.6. The Morgan fingerprint density at radius 3 is 2.32 bits per heavy atom. The van der Waals surface area contributed by atoms with E-state index in [1.165, 1.54) is 24.3 Å². The molecule has 3 aromatic rings. The highest BCUT2D eigenvalue weighted by Crippen LogP contribution is 2.35. The van der Waals surface area contributed by atoms with Gasteiger partial charge < -0.3 is 49.3 Å². The number of benzene rings is 2. The van der Waals surface area contributed by atoms with Crippen molar-refractivity contribution in [2.45, 2.75) is 30.7 Å². The summed E-state index contributed by atoms with van der Waals surface area (Å²) in [5.74, 6) is -2.52. The zero-order chi connectivity index (χ0) is 24.7. The SMILES string of the molecule is COC(=O)[C@@H]1O[C@@H](Oc2cc(O)c3c(=O)cc(-c4ccc(O)c(O)c4)oc3c2)[C@H](O)[C@@H](O)[C@@H]1O. The summed E-state index contributed by atoms with van der Waals surface area (Å²) in [4.78, 5) is 24.4. The van der Waals surface area contributed by atoms with Gasteiger partial charge in [-0.1, -0.05) is 0 Å². The number of phenols is 3. The molecule has 34 heavy (non-hydrogen) atoms. The summed E-state index contributed by atoms with van der Waals surface area (Å²) in [6.45, 7) is 0. The van der Waals surface area contributed by atoms with Crippen molar-refractivity contribution in [3.05, 3.63) is 46.6 Å². The summed E-state index contributed by atoms with van der Waals surface area (Å²) in [5.41, 5.74) is -0.504. The molecule has 2 heterocycles. The smallest absolute Gasteiger partial charge is 0.337 e. The first kappa shape index (κ1) is 23.3. The first-order valence-electron chi connectivity index (χ1n) is 9.88. The molecule has 0 unspecified atom stereocenters. The maximum Gasteiger partial charge on any atom is 0.337 e. The first-order valence-corrected chi connectivity index (χ1v) is 9.88. The zero-order valence-corrected chi connectivity index (χ0v) is 17.5. The van der Waals surface area contributed by atoms with Gasteiger partial charge in [-0.2, -0.15) is 0 Å². The van der Waals surface area contributed by atoms with Gasteiger partial charge in [-0.05, 0) is 18.2 Å². The van der Waals surface area contributed by atoms with E-state index in [1.54, 1.807) is 0 Å². The van der Waals surface area contributed by atoms with Gasteiger partial charge in [0.05, 0.1) is 7.11 Å². The fourth-order valence-electron chi connectivity index (χ4n) is 3.52. The Balaban J connectivity index is 1.71. The topological polar surface area (TPSA) is 196 Å². The number of carbonyl (C=O) groups is 1. The second kappa shape index (κ2) is 8.83. The Hall–Kier alpha value is -3.84. The Bertz CT molecular complexity index is 1300. The van der Waals surface area contributed by atoms with Crippen molar-refractivity contribution >= 4 is 16.9 Å². The van der Waals surface area contributed by atoms with Crippen LogP contribution in [-0.2, 0) is 14.3 Å². The molecule has 1 saturated heterocycles. The minimum atomic E-state index is -1.82. The van der Waals surface area contributed by atoms with Crippen LogP contribution in [0.1, 0.15) is 0 Å². The third kappa shape index (κ3) is 4.10. The van der Waals surface area contributed by atoms with E-state index in [2.05, 4.69) is 4.74 Å². The van der Waals surface area contributed by atoms with Crippen molar-refractivity contribution in [3.8, 4) is 34.3 Å². The van der Waals surface area contributed by atoms with Gasteiger partial charge in [0.2, 0.25) is 6.29 Å². The van der Waals surface area contributed by atoms with Crippen LogP contribution in [0.5, 0.6) is 23.0 Å². The van der Waals surface area contributed by atoms with Gasteiger partial charge in [-0.3, -0.25) is 4.79 Å². The summed E-state index contributed by atoms with van der Waals surface area (Å²) in [7, 11) is 1.04. The van der Waals surface area contributed by atoms with E-state index >= 15 is 0 Å². The lowest BCUT2D eigenvalue weighted by Gasteiger charge is -2.38. The Kier molecular flexibility index (Phi) is 6.06. The van der Waals surface area contributed by atoms with Crippen molar-refractivity contribution in [2.75, 3.05) is 7.11 Å². The van der Waals surface area contributed by atoms with Crippen molar-refractivity contribution < 1.29 is 54.1 Å². The van der Waals surface area contributed by atoms with Crippen LogP contribution in [0.3, 0.4) is 0 Å². The van der Waals surface area contributed by atoms with Crippen LogP contribution in [0.25, 0.3) is 22.3 Å². The highest BCUT2D eigenvalue weighted by Gasteiger charge is 2.48. The van der Waals surface area contributed by atoms with Crippen molar-refractivity contribution in [1.29, 1.82) is 0 Å². The predicted octanol–water partition coefficient (Wildman–Crippen LogP) is -0.0638. The molecular weight excluding hydrogens is 456 g/mol. The maximum absolute atomic E-state index is 12.6. The normalized spacial score (nSPS) is 24.6. The fourth-order valence-corrected chi connectivity index (χ4v) is 3.52. The number of aromatic hydroxyl groups is 3. The van der Waals surface area contributed by atoms with Gasteiger partial charge in [-0.15, -0.1) is 0 Å². The molecule has 2 aromatic carbocycles. The van der Waals surface area contributed by atoms with Gasteiger partial charge in [-0.25, -0.2) is 4.79 Å². The molecule has 0 bridgehead atoms. The molecule has 6 N–H and O–H groups in total. The molecular formula is C22H20O12. The molecule has 0 amide bonds. The van der Waals surface area contributed by atoms with Crippen LogP contribution >= 0.6 is 0 Å². The van der Waals surface area contributed by atoms with E-state index in [4.69, 9.17) is 13.9 Å². The van der Waals surface area contributed by atoms with Crippen molar-refractivity contribution in [3.63, 3.8) is 0 Å². The molecule has 12 heteroatoms. The first-order chi connectivity index (χ1) is 16.1. The van der Waals surface area contributed by atoms with Crippen molar-refractivity contribution in [1.82, 2.24) is 0 Å². The Morgan fingerprint density at radius 2 is 1.65 bits per heavy atom. The molecule has 0 radical (unpaired) electrons. The number of fused-ring (bicyclic) bond motifs is 1. The second-order valence-corrected chi connectivity index (χ2v) is 7.53. The lowest BCUT2D eigenvalue weighted by molar-refractivity contribution is -0.271. The van der Waals surface area contributed by atoms with Gasteiger partial charge in [0.15, 0.2) is 23.0 Å². The van der Waals surface area contributed by atoms with Gasteiger partial charge >= 0.3 is 5.97 Å². The Labute approximate surface area is 190 Å². The summed E-state index contributed by atoms with van der Waals surface area (Å²) in [6.07, 6.45) is -8.71. The highest BCUT2D eigenvalue weighted by atomic mass is 16.7. The molecule has 4 rings (SSSR count). The number of rotatable bonds is 4. The highest BCUT2D eigenvalue weighted by molar-refractivity contribution is 5.86. The molecule has 12 nitrogen and oxygen atoms in total. The van der Waals surface area contributed by atoms with E-state index in [1.807, 2.05) is 0 Å².